The number of aromatic nitrogens is 2. The molecule has 2 rings (SSSR count). The van der Waals surface area contributed by atoms with Crippen LogP contribution < -0.4 is 5.32 Å². The van der Waals surface area contributed by atoms with Gasteiger partial charge in [0.1, 0.15) is 10.4 Å². The predicted octanol–water partition coefficient (Wildman–Crippen LogP) is 2.45. The van der Waals surface area contributed by atoms with E-state index in [-0.39, 0.29) is 0 Å². The van der Waals surface area contributed by atoms with Gasteiger partial charge in [-0.15, -0.1) is 0 Å². The van der Waals surface area contributed by atoms with Crippen molar-refractivity contribution in [3.63, 3.8) is 0 Å². The summed E-state index contributed by atoms with van der Waals surface area (Å²) in [4.78, 5) is 4.32. The molecule has 4 heteroatoms. The van der Waals surface area contributed by atoms with Crippen molar-refractivity contribution in [2.75, 3.05) is 12.4 Å². The van der Waals surface area contributed by atoms with Gasteiger partial charge in [0.2, 0.25) is 0 Å². The quantitative estimate of drug-likeness (QED) is 0.829. The SMILES string of the molecule is CNc1ccn2c(C)nc(Br)c2c1. The van der Waals surface area contributed by atoms with Crippen LogP contribution in [0.3, 0.4) is 0 Å². The third-order valence-corrected chi connectivity index (χ3v) is 2.65. The molecule has 0 saturated carbocycles. The lowest BCUT2D eigenvalue weighted by Gasteiger charge is -2.01. The van der Waals surface area contributed by atoms with Gasteiger partial charge >= 0.3 is 0 Å². The number of nitrogens with zero attached hydrogens (tertiary/aromatic N) is 2. The maximum Gasteiger partial charge on any atom is 0.132 e. The highest BCUT2D eigenvalue weighted by Crippen LogP contribution is 2.21. The molecule has 0 fully saturated rings. The van der Waals surface area contributed by atoms with E-state index in [0.29, 0.717) is 0 Å². The molecule has 0 atom stereocenters. The molecule has 68 valence electrons. The third kappa shape index (κ3) is 1.31. The third-order valence-electron chi connectivity index (χ3n) is 2.06. The maximum atomic E-state index is 4.32. The fourth-order valence-electron chi connectivity index (χ4n) is 1.35. The van der Waals surface area contributed by atoms with Crippen molar-refractivity contribution < 1.29 is 0 Å². The minimum Gasteiger partial charge on any atom is -0.388 e. The van der Waals surface area contributed by atoms with Crippen LogP contribution in [0, 0.1) is 6.92 Å². The van der Waals surface area contributed by atoms with E-state index in [0.717, 1.165) is 21.6 Å². The first-order valence-electron chi connectivity index (χ1n) is 4.04. The average molecular weight is 240 g/mol. The largest absolute Gasteiger partial charge is 0.388 e. The average Bonchev–Trinajstić information content (AvgIpc) is 2.42. The highest BCUT2D eigenvalue weighted by Gasteiger charge is 2.04. The number of hydrogen-bond donors (Lipinski definition) is 1. The van der Waals surface area contributed by atoms with Crippen molar-refractivity contribution in [1.29, 1.82) is 0 Å². The zero-order valence-corrected chi connectivity index (χ0v) is 9.09. The normalized spacial score (nSPS) is 10.7. The second kappa shape index (κ2) is 3.03. The van der Waals surface area contributed by atoms with Gasteiger partial charge in [-0.25, -0.2) is 4.98 Å². The van der Waals surface area contributed by atoms with Crippen molar-refractivity contribution in [2.45, 2.75) is 6.92 Å². The molecule has 2 heterocycles. The number of anilines is 1. The summed E-state index contributed by atoms with van der Waals surface area (Å²) in [7, 11) is 1.91. The van der Waals surface area contributed by atoms with Crippen molar-refractivity contribution in [2.24, 2.45) is 0 Å². The molecule has 0 saturated heterocycles. The van der Waals surface area contributed by atoms with Crippen LogP contribution in [0.4, 0.5) is 5.69 Å². The van der Waals surface area contributed by atoms with Crippen molar-refractivity contribution in [3.05, 3.63) is 28.8 Å². The standard InChI is InChI=1S/C9H10BrN3/c1-6-12-9(10)8-5-7(11-2)3-4-13(6)8/h3-5,11H,1-2H3. The van der Waals surface area contributed by atoms with E-state index in [1.807, 2.05) is 30.6 Å². The summed E-state index contributed by atoms with van der Waals surface area (Å²) in [5.41, 5.74) is 2.18. The second-order valence-electron chi connectivity index (χ2n) is 2.87. The lowest BCUT2D eigenvalue weighted by Crippen LogP contribution is -1.91. The molecule has 0 aromatic carbocycles. The molecule has 0 amide bonds. The highest BCUT2D eigenvalue weighted by atomic mass is 79.9. The molecule has 13 heavy (non-hydrogen) atoms. The van der Waals surface area contributed by atoms with Gasteiger partial charge in [0.15, 0.2) is 0 Å². The molecular weight excluding hydrogens is 230 g/mol. The number of rotatable bonds is 1. The molecule has 0 aliphatic carbocycles. The van der Waals surface area contributed by atoms with Crippen LogP contribution >= 0.6 is 15.9 Å². The number of halogens is 1. The topological polar surface area (TPSA) is 29.3 Å². The smallest absolute Gasteiger partial charge is 0.132 e. The van der Waals surface area contributed by atoms with Gasteiger partial charge < -0.3 is 9.72 Å². The van der Waals surface area contributed by atoms with E-state index in [2.05, 4.69) is 32.3 Å². The monoisotopic (exact) mass is 239 g/mol. The van der Waals surface area contributed by atoms with Crippen LogP contribution in [-0.2, 0) is 0 Å². The van der Waals surface area contributed by atoms with E-state index in [9.17, 15) is 0 Å². The fourth-order valence-corrected chi connectivity index (χ4v) is 1.91. The Bertz CT molecular complexity index is 447. The van der Waals surface area contributed by atoms with Crippen molar-refractivity contribution in [1.82, 2.24) is 9.38 Å². The number of hydrogen-bond acceptors (Lipinski definition) is 2. The molecule has 0 unspecified atom stereocenters. The molecule has 0 aliphatic rings. The van der Waals surface area contributed by atoms with Gasteiger partial charge in [0.25, 0.3) is 0 Å². The summed E-state index contributed by atoms with van der Waals surface area (Å²) < 4.78 is 2.94. The minimum absolute atomic E-state index is 0.891. The van der Waals surface area contributed by atoms with Gasteiger partial charge in [-0.2, -0.15) is 0 Å². The molecule has 0 spiro atoms. The predicted molar refractivity (Wildman–Crippen MR) is 57.2 cm³/mol. The van der Waals surface area contributed by atoms with Crippen LogP contribution in [0.1, 0.15) is 5.82 Å². The van der Waals surface area contributed by atoms with Crippen molar-refractivity contribution in [3.8, 4) is 0 Å². The second-order valence-corrected chi connectivity index (χ2v) is 3.62. The Balaban J connectivity index is 2.76. The van der Waals surface area contributed by atoms with E-state index >= 15 is 0 Å². The molecule has 0 radical (unpaired) electrons. The first-order chi connectivity index (χ1) is 6.22. The summed E-state index contributed by atoms with van der Waals surface area (Å²) in [5, 5.41) is 3.09. The van der Waals surface area contributed by atoms with Gasteiger partial charge in [-0.05, 0) is 35.0 Å². The number of nitrogens with one attached hydrogen (secondary N) is 1. The first kappa shape index (κ1) is 8.56. The van der Waals surface area contributed by atoms with Crippen LogP contribution in [0.15, 0.2) is 22.9 Å². The first-order valence-corrected chi connectivity index (χ1v) is 4.83. The molecule has 3 nitrogen and oxygen atoms in total. The molecule has 0 bridgehead atoms. The Hall–Kier alpha value is -1.03. The number of fused-ring (bicyclic) bond motifs is 1. The lowest BCUT2D eigenvalue weighted by atomic mass is 10.3. The fraction of sp³-hybridized carbons (Fsp3) is 0.222. The summed E-state index contributed by atoms with van der Waals surface area (Å²) in [6, 6.07) is 4.08. The summed E-state index contributed by atoms with van der Waals surface area (Å²) in [5.74, 6) is 0.990. The summed E-state index contributed by atoms with van der Waals surface area (Å²) >= 11 is 3.42. The van der Waals surface area contributed by atoms with Gasteiger partial charge in [0, 0.05) is 18.9 Å². The Kier molecular flexibility index (Phi) is 2.00. The van der Waals surface area contributed by atoms with Gasteiger partial charge in [-0.1, -0.05) is 0 Å². The zero-order valence-electron chi connectivity index (χ0n) is 7.50. The van der Waals surface area contributed by atoms with Crippen molar-refractivity contribution >= 4 is 27.1 Å². The Labute approximate surface area is 84.9 Å². The molecular formula is C9H10BrN3. The minimum atomic E-state index is 0.891. The van der Waals surface area contributed by atoms with Crippen LogP contribution in [0.2, 0.25) is 0 Å². The van der Waals surface area contributed by atoms with Crippen LogP contribution in [0.25, 0.3) is 5.52 Å². The molecule has 2 aromatic heterocycles. The van der Waals surface area contributed by atoms with Crippen LogP contribution in [0.5, 0.6) is 0 Å². The number of imidazole rings is 1. The van der Waals surface area contributed by atoms with E-state index in [4.69, 9.17) is 0 Å². The lowest BCUT2D eigenvalue weighted by molar-refractivity contribution is 1.04. The van der Waals surface area contributed by atoms with E-state index in [1.165, 1.54) is 0 Å². The highest BCUT2D eigenvalue weighted by molar-refractivity contribution is 9.10. The Morgan fingerprint density at radius 2 is 2.31 bits per heavy atom. The van der Waals surface area contributed by atoms with E-state index < -0.39 is 0 Å². The Morgan fingerprint density at radius 1 is 1.54 bits per heavy atom. The molecule has 2 aromatic rings. The summed E-state index contributed by atoms with van der Waals surface area (Å²) in [6.45, 7) is 1.98. The van der Waals surface area contributed by atoms with Gasteiger partial charge in [0.05, 0.1) is 5.52 Å². The van der Waals surface area contributed by atoms with E-state index in [1.54, 1.807) is 0 Å². The van der Waals surface area contributed by atoms with Gasteiger partial charge in [-0.3, -0.25) is 0 Å². The number of aryl methyl sites for hydroxylation is 1. The molecule has 1 N–H and O–H groups in total. The molecule has 0 aliphatic heterocycles. The number of pyridine rings is 1. The zero-order chi connectivity index (χ0) is 9.42. The summed E-state index contributed by atoms with van der Waals surface area (Å²) in [6.07, 6.45) is 2.01. The van der Waals surface area contributed by atoms with Crippen LogP contribution in [-0.4, -0.2) is 16.4 Å². The Morgan fingerprint density at radius 3 is 3.00 bits per heavy atom. The maximum absolute atomic E-state index is 4.32.